The zero-order chi connectivity index (χ0) is 12.0. The number of rotatable bonds is 0. The molecule has 3 nitrogen and oxygen atoms in total. The molecule has 3 heteroatoms. The second-order valence-electron chi connectivity index (χ2n) is 4.78. The molecule has 0 aliphatic carbocycles. The van der Waals surface area contributed by atoms with Gasteiger partial charge in [0.2, 0.25) is 0 Å². The molecule has 2 aliphatic heterocycles. The predicted octanol–water partition coefficient (Wildman–Crippen LogP) is 2.71. The number of fused-ring (bicyclic) bond motifs is 1. The molecule has 0 saturated carbocycles. The molecule has 1 N–H and O–H groups in total. The van der Waals surface area contributed by atoms with E-state index in [4.69, 9.17) is 4.74 Å². The molecular weight excluding hydrogens is 214 g/mol. The first-order chi connectivity index (χ1) is 8.07. The molecule has 0 bridgehead atoms. The van der Waals surface area contributed by atoms with Crippen molar-refractivity contribution in [2.24, 2.45) is 0 Å². The number of hydrogen-bond donors (Lipinski definition) is 1. The number of amides is 1. The van der Waals surface area contributed by atoms with Crippen molar-refractivity contribution >= 4 is 17.2 Å². The lowest BCUT2D eigenvalue weighted by Crippen LogP contribution is -2.16. The zero-order valence-corrected chi connectivity index (χ0v) is 9.78. The fraction of sp³-hybridized carbons (Fsp3) is 0.214. The molecule has 0 saturated heterocycles. The normalized spacial score (nSPS) is 24.5. The van der Waals surface area contributed by atoms with Crippen LogP contribution in [0, 0.1) is 0 Å². The van der Waals surface area contributed by atoms with Gasteiger partial charge in [0.25, 0.3) is 5.91 Å². The maximum atomic E-state index is 11.9. The minimum Gasteiger partial charge on any atom is -0.483 e. The van der Waals surface area contributed by atoms with Crippen LogP contribution in [-0.2, 0) is 9.53 Å². The standard InChI is InChI=1S/C14H13NO2/c1-14(2)8-7-11(17-14)12-9-5-3-4-6-10(9)15-13(12)16/h3-8H,1-2H3,(H,15,16)/b12-11+. The highest BCUT2D eigenvalue weighted by atomic mass is 16.5. The lowest BCUT2D eigenvalue weighted by atomic mass is 10.1. The van der Waals surface area contributed by atoms with Crippen molar-refractivity contribution in [2.45, 2.75) is 19.4 Å². The first-order valence-corrected chi connectivity index (χ1v) is 5.60. The van der Waals surface area contributed by atoms with Crippen LogP contribution in [0.15, 0.2) is 42.2 Å². The summed E-state index contributed by atoms with van der Waals surface area (Å²) in [7, 11) is 0. The highest BCUT2D eigenvalue weighted by Gasteiger charge is 2.32. The van der Waals surface area contributed by atoms with E-state index in [0.717, 1.165) is 11.3 Å². The maximum Gasteiger partial charge on any atom is 0.260 e. The summed E-state index contributed by atoms with van der Waals surface area (Å²) >= 11 is 0. The van der Waals surface area contributed by atoms with Crippen molar-refractivity contribution in [3.8, 4) is 0 Å². The van der Waals surface area contributed by atoms with Gasteiger partial charge in [-0.25, -0.2) is 0 Å². The molecule has 1 amide bonds. The topological polar surface area (TPSA) is 38.3 Å². The Morgan fingerprint density at radius 3 is 2.71 bits per heavy atom. The minimum absolute atomic E-state index is 0.0939. The van der Waals surface area contributed by atoms with E-state index in [1.54, 1.807) is 0 Å². The Balaban J connectivity index is 2.14. The highest BCUT2D eigenvalue weighted by molar-refractivity contribution is 6.32. The largest absolute Gasteiger partial charge is 0.483 e. The molecule has 17 heavy (non-hydrogen) atoms. The van der Waals surface area contributed by atoms with Gasteiger partial charge in [-0.2, -0.15) is 0 Å². The van der Waals surface area contributed by atoms with Gasteiger partial charge in [-0.1, -0.05) is 18.2 Å². The van der Waals surface area contributed by atoms with E-state index >= 15 is 0 Å². The molecule has 0 aromatic heterocycles. The Labute approximate surface area is 99.8 Å². The fourth-order valence-corrected chi connectivity index (χ4v) is 2.12. The van der Waals surface area contributed by atoms with Gasteiger partial charge in [0.05, 0.1) is 5.57 Å². The average Bonchev–Trinajstić information content (AvgIpc) is 2.77. The SMILES string of the molecule is CC1(C)C=C/C(=C2\C(=O)Nc3ccccc32)O1. The van der Waals surface area contributed by atoms with Crippen molar-refractivity contribution in [1.29, 1.82) is 0 Å². The summed E-state index contributed by atoms with van der Waals surface area (Å²) in [4.78, 5) is 11.9. The minimum atomic E-state index is -0.333. The number of hydrogen-bond acceptors (Lipinski definition) is 2. The summed E-state index contributed by atoms with van der Waals surface area (Å²) in [5.41, 5.74) is 2.05. The summed E-state index contributed by atoms with van der Waals surface area (Å²) in [6.07, 6.45) is 3.83. The second kappa shape index (κ2) is 3.23. The van der Waals surface area contributed by atoms with Gasteiger partial charge in [0, 0.05) is 11.3 Å². The predicted molar refractivity (Wildman–Crippen MR) is 66.3 cm³/mol. The van der Waals surface area contributed by atoms with Gasteiger partial charge in [0.15, 0.2) is 0 Å². The van der Waals surface area contributed by atoms with E-state index in [-0.39, 0.29) is 11.5 Å². The van der Waals surface area contributed by atoms with E-state index in [9.17, 15) is 4.79 Å². The molecule has 0 fully saturated rings. The lowest BCUT2D eigenvalue weighted by molar-refractivity contribution is -0.111. The van der Waals surface area contributed by atoms with Gasteiger partial charge in [0.1, 0.15) is 11.4 Å². The quantitative estimate of drug-likeness (QED) is 0.692. The van der Waals surface area contributed by atoms with Gasteiger partial charge < -0.3 is 10.1 Å². The Morgan fingerprint density at radius 2 is 2.00 bits per heavy atom. The van der Waals surface area contributed by atoms with Crippen molar-refractivity contribution in [3.63, 3.8) is 0 Å². The van der Waals surface area contributed by atoms with Crippen LogP contribution in [0.3, 0.4) is 0 Å². The van der Waals surface area contributed by atoms with Crippen LogP contribution in [0.1, 0.15) is 19.4 Å². The fourth-order valence-electron chi connectivity index (χ4n) is 2.12. The third-order valence-electron chi connectivity index (χ3n) is 2.93. The molecule has 1 aromatic rings. The summed E-state index contributed by atoms with van der Waals surface area (Å²) in [5.74, 6) is 0.556. The Morgan fingerprint density at radius 1 is 1.24 bits per heavy atom. The highest BCUT2D eigenvalue weighted by Crippen LogP contribution is 2.37. The molecule has 0 spiro atoms. The number of carbonyl (C=O) groups is 1. The van der Waals surface area contributed by atoms with Gasteiger partial charge in [-0.15, -0.1) is 0 Å². The van der Waals surface area contributed by atoms with Gasteiger partial charge >= 0.3 is 0 Å². The Bertz CT molecular complexity index is 567. The molecule has 0 unspecified atom stereocenters. The molecule has 2 aliphatic rings. The maximum absolute atomic E-state index is 11.9. The number of anilines is 1. The van der Waals surface area contributed by atoms with Crippen molar-refractivity contribution in [3.05, 3.63) is 47.7 Å². The number of allylic oxidation sites excluding steroid dienone is 1. The monoisotopic (exact) mass is 227 g/mol. The second-order valence-corrected chi connectivity index (χ2v) is 4.78. The molecule has 86 valence electrons. The Kier molecular flexibility index (Phi) is 1.93. The van der Waals surface area contributed by atoms with Crippen molar-refractivity contribution in [2.75, 3.05) is 5.32 Å². The average molecular weight is 227 g/mol. The van der Waals surface area contributed by atoms with E-state index in [0.29, 0.717) is 11.3 Å². The lowest BCUT2D eigenvalue weighted by Gasteiger charge is -2.17. The van der Waals surface area contributed by atoms with E-state index in [2.05, 4.69) is 5.32 Å². The first-order valence-electron chi connectivity index (χ1n) is 5.60. The molecule has 1 aromatic carbocycles. The number of benzene rings is 1. The van der Waals surface area contributed by atoms with Crippen LogP contribution in [0.2, 0.25) is 0 Å². The molecule has 2 heterocycles. The number of carbonyl (C=O) groups excluding carboxylic acids is 1. The number of ether oxygens (including phenoxy) is 1. The summed E-state index contributed by atoms with van der Waals surface area (Å²) in [5, 5.41) is 2.84. The summed E-state index contributed by atoms with van der Waals surface area (Å²) in [6.45, 7) is 3.94. The van der Waals surface area contributed by atoms with Crippen LogP contribution in [0.5, 0.6) is 0 Å². The van der Waals surface area contributed by atoms with Crippen LogP contribution in [0.25, 0.3) is 5.57 Å². The van der Waals surface area contributed by atoms with E-state index in [1.165, 1.54) is 0 Å². The number of para-hydroxylation sites is 1. The molecular formula is C14H13NO2. The summed E-state index contributed by atoms with van der Waals surface area (Å²) in [6, 6.07) is 7.65. The third kappa shape index (κ3) is 1.55. The number of nitrogens with one attached hydrogen (secondary N) is 1. The Hall–Kier alpha value is -2.03. The molecule has 0 atom stereocenters. The van der Waals surface area contributed by atoms with Gasteiger partial charge in [-0.3, -0.25) is 4.79 Å². The zero-order valence-electron chi connectivity index (χ0n) is 9.78. The van der Waals surface area contributed by atoms with E-state index in [1.807, 2.05) is 50.3 Å². The van der Waals surface area contributed by atoms with Gasteiger partial charge in [-0.05, 0) is 32.1 Å². The van der Waals surface area contributed by atoms with E-state index < -0.39 is 0 Å². The van der Waals surface area contributed by atoms with Crippen LogP contribution in [-0.4, -0.2) is 11.5 Å². The molecule has 3 rings (SSSR count). The smallest absolute Gasteiger partial charge is 0.260 e. The molecule has 0 radical (unpaired) electrons. The van der Waals surface area contributed by atoms with Crippen LogP contribution < -0.4 is 5.32 Å². The van der Waals surface area contributed by atoms with Crippen molar-refractivity contribution < 1.29 is 9.53 Å². The first kappa shape index (κ1) is 10.1. The third-order valence-corrected chi connectivity index (χ3v) is 2.93. The van der Waals surface area contributed by atoms with Crippen LogP contribution in [0.4, 0.5) is 5.69 Å². The van der Waals surface area contributed by atoms with Crippen molar-refractivity contribution in [1.82, 2.24) is 0 Å². The summed E-state index contributed by atoms with van der Waals surface area (Å²) < 4.78 is 5.77. The van der Waals surface area contributed by atoms with Crippen LogP contribution >= 0.6 is 0 Å².